The van der Waals surface area contributed by atoms with Crippen molar-refractivity contribution in [3.8, 4) is 0 Å². The van der Waals surface area contributed by atoms with Crippen molar-refractivity contribution in [1.29, 1.82) is 0 Å². The zero-order valence-corrected chi connectivity index (χ0v) is 13.0. The Kier molecular flexibility index (Phi) is 4.52. The number of allylic oxidation sites excluding steroid dienone is 5. The molecule has 0 unspecified atom stereocenters. The van der Waals surface area contributed by atoms with Gasteiger partial charge in [-0.15, -0.1) is 0 Å². The Morgan fingerprint density at radius 3 is 2.40 bits per heavy atom. The van der Waals surface area contributed by atoms with E-state index >= 15 is 0 Å². The summed E-state index contributed by atoms with van der Waals surface area (Å²) in [6.45, 7) is 3.83. The van der Waals surface area contributed by atoms with E-state index in [4.69, 9.17) is 11.2 Å². The molecule has 0 N–H and O–H groups in total. The molecule has 3 nitrogen and oxygen atoms in total. The fraction of sp³-hybridized carbons (Fsp3) is 0.133. The van der Waals surface area contributed by atoms with Crippen LogP contribution in [0.1, 0.15) is 0 Å². The van der Waals surface area contributed by atoms with E-state index in [0.717, 1.165) is 17.0 Å². The van der Waals surface area contributed by atoms with Gasteiger partial charge in [0, 0.05) is 25.5 Å². The van der Waals surface area contributed by atoms with Crippen molar-refractivity contribution < 1.29 is 4.21 Å². The minimum Gasteiger partial charge on any atom is -0.447 e. The van der Waals surface area contributed by atoms with Crippen LogP contribution in [0.15, 0.2) is 64.5 Å². The Hall–Kier alpha value is -1.72. The molecule has 0 aliphatic heterocycles. The molecule has 0 saturated carbocycles. The fourth-order valence-corrected chi connectivity index (χ4v) is 2.62. The average molecular weight is 303 g/mol. The van der Waals surface area contributed by atoms with Crippen LogP contribution in [0.3, 0.4) is 0 Å². The topological polar surface area (TPSA) is 32.7 Å². The van der Waals surface area contributed by atoms with Crippen LogP contribution in [0.25, 0.3) is 0 Å². The Morgan fingerprint density at radius 1 is 1.20 bits per heavy atom. The minimum atomic E-state index is -1.49. The molecule has 0 fully saturated rings. The summed E-state index contributed by atoms with van der Waals surface area (Å²) >= 11 is 4.90. The molecule has 20 heavy (non-hydrogen) atoms. The van der Waals surface area contributed by atoms with Crippen LogP contribution in [0, 0.1) is 0 Å². The molecule has 0 radical (unpaired) electrons. The maximum absolute atomic E-state index is 11.7. The zero-order chi connectivity index (χ0) is 14.7. The molecule has 104 valence electrons. The summed E-state index contributed by atoms with van der Waals surface area (Å²) in [4.78, 5) is 7.00. The molecule has 1 aromatic rings. The van der Waals surface area contributed by atoms with Crippen molar-refractivity contribution in [3.05, 3.63) is 54.7 Å². The fourth-order valence-electron chi connectivity index (χ4n) is 1.72. The van der Waals surface area contributed by atoms with E-state index in [1.54, 1.807) is 0 Å². The summed E-state index contributed by atoms with van der Waals surface area (Å²) in [6, 6.07) is 5.59. The molecule has 1 aliphatic carbocycles. The van der Waals surface area contributed by atoms with E-state index < -0.39 is 9.36 Å². The van der Waals surface area contributed by atoms with E-state index in [0.29, 0.717) is 10.6 Å². The number of aliphatic imine (C=N–C) groups is 1. The predicted molar refractivity (Wildman–Crippen MR) is 89.0 cm³/mol. The van der Waals surface area contributed by atoms with Crippen LogP contribution >= 0.6 is 0 Å². The first-order valence-electron chi connectivity index (χ1n) is 6.02. The molecule has 0 bridgehead atoms. The second-order valence-corrected chi connectivity index (χ2v) is 6.38. The van der Waals surface area contributed by atoms with Crippen molar-refractivity contribution in [2.24, 2.45) is 4.99 Å². The molecular weight excluding hydrogens is 288 g/mol. The molecule has 1 aromatic carbocycles. The van der Waals surface area contributed by atoms with Gasteiger partial charge in [0.05, 0.1) is 5.71 Å². The summed E-state index contributed by atoms with van der Waals surface area (Å²) in [6.07, 6.45) is 7.52. The van der Waals surface area contributed by atoms with Gasteiger partial charge in [0.25, 0.3) is 0 Å². The Labute approximate surface area is 125 Å². The maximum Gasteiger partial charge on any atom is 0.0636 e. The first kappa shape index (κ1) is 14.7. The molecule has 0 heterocycles. The van der Waals surface area contributed by atoms with Crippen molar-refractivity contribution in [2.45, 2.75) is 4.90 Å². The predicted octanol–water partition coefficient (Wildman–Crippen LogP) is 3.29. The lowest BCUT2D eigenvalue weighted by atomic mass is 10.1. The van der Waals surface area contributed by atoms with E-state index in [2.05, 4.69) is 11.6 Å². The monoisotopic (exact) mass is 303 g/mol. The molecule has 0 saturated heterocycles. The number of nitrogens with zero attached hydrogens (tertiary/aromatic N) is 2. The number of benzene rings is 1. The van der Waals surface area contributed by atoms with Gasteiger partial charge in [-0.1, -0.05) is 29.7 Å². The van der Waals surface area contributed by atoms with Gasteiger partial charge >= 0.3 is 0 Å². The van der Waals surface area contributed by atoms with Gasteiger partial charge in [-0.05, 0) is 29.9 Å². The van der Waals surface area contributed by atoms with Crippen LogP contribution in [0.2, 0.25) is 0 Å². The molecule has 0 spiro atoms. The number of hydrogen-bond donors (Lipinski definition) is 0. The molecular formula is C15H15N2OS2-. The minimum absolute atomic E-state index is 0.560. The normalized spacial score (nSPS) is 13.9. The van der Waals surface area contributed by atoms with Crippen LogP contribution in [0.5, 0.6) is 0 Å². The van der Waals surface area contributed by atoms with Crippen LogP contribution in [-0.2, 0) is 24.8 Å². The van der Waals surface area contributed by atoms with Gasteiger partial charge < -0.3 is 9.11 Å². The highest BCUT2D eigenvalue weighted by atomic mass is 32.8. The second-order valence-electron chi connectivity index (χ2n) is 4.56. The SMILES string of the molecule is C=C1C=CC(=Nc2ccc(N(C)C)cc2[S-](=O)=S)C=C1. The van der Waals surface area contributed by atoms with Crippen LogP contribution in [-0.4, -0.2) is 19.8 Å². The summed E-state index contributed by atoms with van der Waals surface area (Å²) in [5.74, 6) is 0. The van der Waals surface area contributed by atoms with E-state index in [9.17, 15) is 4.21 Å². The summed E-state index contributed by atoms with van der Waals surface area (Å²) in [5, 5.41) is 0. The lowest BCUT2D eigenvalue weighted by molar-refractivity contribution is 0.604. The Morgan fingerprint density at radius 2 is 1.85 bits per heavy atom. The molecule has 0 aromatic heterocycles. The second kappa shape index (κ2) is 6.15. The van der Waals surface area contributed by atoms with Gasteiger partial charge in [-0.25, -0.2) is 11.2 Å². The third-order valence-corrected chi connectivity index (χ3v) is 4.05. The van der Waals surface area contributed by atoms with E-state index in [1.165, 1.54) is 0 Å². The van der Waals surface area contributed by atoms with Crippen LogP contribution < -0.4 is 4.90 Å². The largest absolute Gasteiger partial charge is 0.447 e. The first-order chi connectivity index (χ1) is 9.47. The third kappa shape index (κ3) is 3.43. The number of anilines is 1. The van der Waals surface area contributed by atoms with Gasteiger partial charge in [0.2, 0.25) is 0 Å². The van der Waals surface area contributed by atoms with Crippen molar-refractivity contribution in [3.63, 3.8) is 0 Å². The first-order valence-corrected chi connectivity index (χ1v) is 8.09. The average Bonchev–Trinajstić information content (AvgIpc) is 2.41. The van der Waals surface area contributed by atoms with Crippen molar-refractivity contribution in [1.82, 2.24) is 0 Å². The Bertz CT molecular complexity index is 685. The lowest BCUT2D eigenvalue weighted by Crippen LogP contribution is -2.08. The highest BCUT2D eigenvalue weighted by Crippen LogP contribution is 2.27. The summed E-state index contributed by atoms with van der Waals surface area (Å²) in [5.41, 5.74) is 3.31. The van der Waals surface area contributed by atoms with E-state index in [1.807, 2.05) is 61.5 Å². The molecule has 0 amide bonds. The smallest absolute Gasteiger partial charge is 0.0636 e. The highest BCUT2D eigenvalue weighted by molar-refractivity contribution is 8.21. The maximum atomic E-state index is 11.7. The zero-order valence-electron chi connectivity index (χ0n) is 11.4. The van der Waals surface area contributed by atoms with Gasteiger partial charge in [0.1, 0.15) is 0 Å². The summed E-state index contributed by atoms with van der Waals surface area (Å²) < 4.78 is 11.7. The van der Waals surface area contributed by atoms with Crippen LogP contribution in [0.4, 0.5) is 11.4 Å². The number of rotatable bonds is 3. The van der Waals surface area contributed by atoms with Crippen molar-refractivity contribution >= 4 is 37.6 Å². The van der Waals surface area contributed by atoms with E-state index in [-0.39, 0.29) is 0 Å². The molecule has 1 aliphatic rings. The number of hydrogen-bond acceptors (Lipinski definition) is 5. The van der Waals surface area contributed by atoms with Gasteiger partial charge in [-0.2, -0.15) is 9.36 Å². The Balaban J connectivity index is 2.47. The molecule has 0 atom stereocenters. The van der Waals surface area contributed by atoms with Gasteiger partial charge in [-0.3, -0.25) is 4.99 Å². The lowest BCUT2D eigenvalue weighted by Gasteiger charge is -2.16. The third-order valence-electron chi connectivity index (χ3n) is 2.83. The van der Waals surface area contributed by atoms with Gasteiger partial charge in [0.15, 0.2) is 0 Å². The molecule has 5 heteroatoms. The summed E-state index contributed by atoms with van der Waals surface area (Å²) in [7, 11) is 2.36. The highest BCUT2D eigenvalue weighted by Gasteiger charge is 2.02. The van der Waals surface area contributed by atoms with Crippen molar-refractivity contribution in [2.75, 3.05) is 19.0 Å². The quantitative estimate of drug-likeness (QED) is 0.803. The molecule has 2 rings (SSSR count). The standard InChI is InChI=1S/C15H15N2OS2/c1-11-4-6-12(7-5-11)16-14-9-8-13(17(2)3)10-15(14)20(18)19/h4-10H,1H2,2-3H3/q-1.